The number of hydroxylamine groups is 1. The average Bonchev–Trinajstić information content (AvgIpc) is 3.48. The van der Waals surface area contributed by atoms with Gasteiger partial charge in [0.15, 0.2) is 0 Å². The molecule has 0 spiro atoms. The summed E-state index contributed by atoms with van der Waals surface area (Å²) in [5, 5.41) is 70.2. The standard InChI is InChI=1S/C17H26N2O6.C16H27NO5.C12H17NO3.C12H8O4/c1-18-7-5-3-4-6-8-19-16(20)13-10-15(24-2)12(11-25-23)9-14(13)17(21)22;1-3-4-7-17-21-8-13-11-5-6-12(14(13)9-22-20)15(10(11)2)16(18)19;1-12(2,7-11(14)15)9-6-8(16-3)4-5-10(9)13;13-11(14)9-5-7-3-1-2-4-8(7)6-10(9)12(15)16/h9-10,18,23H,3-8,11H2,1-2H3,(H,19,20)(H,21,22);5-6,10-15,17,20H,3-4,7-9H2,1-2H3,(H,18,19);4-6H,7,13H2,1-3H3,(H,14,15);1-6H,(H,13,14)(H,15,16). The first-order chi connectivity index (χ1) is 37.6. The number of rotatable bonds is 27. The first-order valence-electron chi connectivity index (χ1n) is 25.9. The van der Waals surface area contributed by atoms with E-state index in [2.05, 4.69) is 38.9 Å². The highest BCUT2D eigenvalue weighted by Crippen LogP contribution is 2.51. The first kappa shape index (κ1) is 66.1. The van der Waals surface area contributed by atoms with Crippen LogP contribution < -0.4 is 31.3 Å². The van der Waals surface area contributed by atoms with Gasteiger partial charge in [-0.25, -0.2) is 29.6 Å². The van der Waals surface area contributed by atoms with Gasteiger partial charge in [-0.05, 0) is 121 Å². The van der Waals surface area contributed by atoms with Gasteiger partial charge >= 0.3 is 29.8 Å². The molecular weight excluding hydrogens is 1030 g/mol. The van der Waals surface area contributed by atoms with Gasteiger partial charge in [-0.2, -0.15) is 0 Å². The topological polar surface area (TPSA) is 352 Å². The van der Waals surface area contributed by atoms with Crippen molar-refractivity contribution in [2.45, 2.75) is 84.7 Å². The molecule has 79 heavy (non-hydrogen) atoms. The summed E-state index contributed by atoms with van der Waals surface area (Å²) in [5.74, 6) is -5.04. The maximum Gasteiger partial charge on any atom is 0.336 e. The summed E-state index contributed by atoms with van der Waals surface area (Å²) >= 11 is 0. The molecule has 0 radical (unpaired) electrons. The summed E-state index contributed by atoms with van der Waals surface area (Å²) < 4.78 is 10.2. The van der Waals surface area contributed by atoms with E-state index in [0.29, 0.717) is 40.9 Å². The summed E-state index contributed by atoms with van der Waals surface area (Å²) in [7, 11) is 4.87. The van der Waals surface area contributed by atoms with Crippen LogP contribution in [-0.4, -0.2) is 126 Å². The number of hydrogen-bond donors (Lipinski definition) is 11. The van der Waals surface area contributed by atoms with Crippen molar-refractivity contribution in [3.05, 3.63) is 112 Å². The van der Waals surface area contributed by atoms with Crippen LogP contribution in [0.5, 0.6) is 11.5 Å². The van der Waals surface area contributed by atoms with Crippen molar-refractivity contribution >= 4 is 52.2 Å². The normalized spacial score (nSPS) is 17.9. The lowest BCUT2D eigenvalue weighted by Gasteiger charge is -2.51. The lowest BCUT2D eigenvalue weighted by atomic mass is 9.54. The van der Waals surface area contributed by atoms with E-state index >= 15 is 0 Å². The summed E-state index contributed by atoms with van der Waals surface area (Å²) in [6, 6.07) is 17.7. The number of hydrogen-bond acceptors (Lipinski definition) is 16. The first-order valence-corrected chi connectivity index (χ1v) is 25.9. The smallest absolute Gasteiger partial charge is 0.336 e. The quantitative estimate of drug-likeness (QED) is 0.00878. The van der Waals surface area contributed by atoms with E-state index in [0.717, 1.165) is 57.2 Å². The number of amides is 1. The fourth-order valence-electron chi connectivity index (χ4n) is 9.83. The molecule has 22 nitrogen and oxygen atoms in total. The summed E-state index contributed by atoms with van der Waals surface area (Å²) in [6.45, 7) is 10.5. The molecule has 6 atom stereocenters. The van der Waals surface area contributed by atoms with E-state index in [9.17, 15) is 39.0 Å². The molecule has 434 valence electrons. The highest BCUT2D eigenvalue weighted by molar-refractivity contribution is 6.06. The van der Waals surface area contributed by atoms with Crippen molar-refractivity contribution in [1.29, 1.82) is 0 Å². The summed E-state index contributed by atoms with van der Waals surface area (Å²) in [5.41, 5.74) is 9.51. The number of allylic oxidation sites excluding steroid dienone is 2. The van der Waals surface area contributed by atoms with Crippen molar-refractivity contribution in [2.24, 2.45) is 35.5 Å². The monoisotopic (exact) mass is 1110 g/mol. The molecule has 1 fully saturated rings. The molecule has 1 saturated carbocycles. The van der Waals surface area contributed by atoms with E-state index in [4.69, 9.17) is 45.9 Å². The molecule has 12 N–H and O–H groups in total. The predicted molar refractivity (Wildman–Crippen MR) is 293 cm³/mol. The molecule has 7 rings (SSSR count). The Balaban J connectivity index is 0.000000282. The Bertz CT molecular complexity index is 2630. The number of aliphatic carboxylic acids is 2. The van der Waals surface area contributed by atoms with E-state index in [1.165, 1.54) is 31.4 Å². The molecule has 4 aromatic carbocycles. The van der Waals surface area contributed by atoms with Gasteiger partial charge in [0.25, 0.3) is 5.91 Å². The Kier molecular flexibility index (Phi) is 27.9. The van der Waals surface area contributed by atoms with Crippen LogP contribution in [0.4, 0.5) is 5.69 Å². The minimum absolute atomic E-state index is 0.0150. The number of nitrogens with two attached hydrogens (primary N) is 1. The third-order valence-electron chi connectivity index (χ3n) is 13.9. The number of nitrogens with one attached hydrogen (secondary N) is 3. The average molecular weight is 1110 g/mol. The van der Waals surface area contributed by atoms with Gasteiger partial charge in [0, 0.05) is 29.8 Å². The van der Waals surface area contributed by atoms with Crippen LogP contribution in [0.3, 0.4) is 0 Å². The van der Waals surface area contributed by atoms with Crippen molar-refractivity contribution in [2.75, 3.05) is 59.8 Å². The second-order valence-corrected chi connectivity index (χ2v) is 19.8. The number of nitrogen functional groups attached to an aromatic ring is 1. The predicted octanol–water partition coefficient (Wildman–Crippen LogP) is 8.34. The second-order valence-electron chi connectivity index (χ2n) is 19.8. The fraction of sp³-hybridized carbons (Fsp3) is 0.474. The lowest BCUT2D eigenvalue weighted by molar-refractivity contribution is -0.264. The Hall–Kier alpha value is -7.18. The van der Waals surface area contributed by atoms with E-state index in [1.807, 2.05) is 33.9 Å². The van der Waals surface area contributed by atoms with Crippen LogP contribution in [0.1, 0.15) is 125 Å². The number of ether oxygens (including phenoxy) is 2. The summed E-state index contributed by atoms with van der Waals surface area (Å²) in [6.07, 6.45) is 10.2. The summed E-state index contributed by atoms with van der Waals surface area (Å²) in [4.78, 5) is 81.9. The minimum Gasteiger partial charge on any atom is -0.497 e. The van der Waals surface area contributed by atoms with E-state index in [1.54, 1.807) is 49.6 Å². The number of methoxy groups -OCH3 is 2. The molecule has 3 aliphatic carbocycles. The molecule has 22 heteroatoms. The maximum atomic E-state index is 12.3. The van der Waals surface area contributed by atoms with Gasteiger partial charge in [0.2, 0.25) is 0 Å². The molecule has 6 unspecified atom stereocenters. The third kappa shape index (κ3) is 19.6. The Morgan fingerprint density at radius 3 is 1.77 bits per heavy atom. The second kappa shape index (κ2) is 33.3. The lowest BCUT2D eigenvalue weighted by Crippen LogP contribution is -2.52. The van der Waals surface area contributed by atoms with Crippen molar-refractivity contribution < 1.29 is 88.9 Å². The highest BCUT2D eigenvalue weighted by atomic mass is 17.1. The van der Waals surface area contributed by atoms with Crippen LogP contribution in [0.15, 0.2) is 78.9 Å². The van der Waals surface area contributed by atoms with Gasteiger partial charge in [0.1, 0.15) is 18.1 Å². The van der Waals surface area contributed by atoms with Crippen LogP contribution in [0.25, 0.3) is 10.8 Å². The van der Waals surface area contributed by atoms with Crippen molar-refractivity contribution in [1.82, 2.24) is 16.1 Å². The van der Waals surface area contributed by atoms with Gasteiger partial charge in [-0.3, -0.25) is 24.9 Å². The molecule has 0 heterocycles. The van der Waals surface area contributed by atoms with E-state index < -0.39 is 47.1 Å². The third-order valence-corrected chi connectivity index (χ3v) is 13.9. The van der Waals surface area contributed by atoms with Crippen LogP contribution >= 0.6 is 0 Å². The number of carbonyl (C=O) groups is 6. The molecule has 1 amide bonds. The van der Waals surface area contributed by atoms with Crippen molar-refractivity contribution in [3.63, 3.8) is 0 Å². The van der Waals surface area contributed by atoms with Crippen LogP contribution in [-0.2, 0) is 36.2 Å². The zero-order valence-corrected chi connectivity index (χ0v) is 45.9. The number of unbranched alkanes of at least 4 members (excludes halogenated alkanes) is 4. The molecule has 0 aliphatic heterocycles. The number of fused-ring (bicyclic) bond motifs is 3. The van der Waals surface area contributed by atoms with Crippen molar-refractivity contribution in [3.8, 4) is 11.5 Å². The molecule has 4 aromatic rings. The van der Waals surface area contributed by atoms with Crippen LogP contribution in [0, 0.1) is 35.5 Å². The Labute approximate surface area is 459 Å². The molecule has 3 aliphatic rings. The highest BCUT2D eigenvalue weighted by Gasteiger charge is 2.52. The number of benzene rings is 4. The number of carbonyl (C=O) groups excluding carboxylic acids is 1. The van der Waals surface area contributed by atoms with Gasteiger partial charge in [0.05, 0.1) is 62.0 Å². The van der Waals surface area contributed by atoms with E-state index in [-0.39, 0.29) is 77.2 Å². The fourth-order valence-corrected chi connectivity index (χ4v) is 9.83. The number of carboxylic acids is 5. The van der Waals surface area contributed by atoms with Gasteiger partial charge in [-0.15, -0.1) is 0 Å². The van der Waals surface area contributed by atoms with Gasteiger partial charge < -0.3 is 56.2 Å². The van der Waals surface area contributed by atoms with Gasteiger partial charge in [-0.1, -0.05) is 83.4 Å². The molecule has 2 bridgehead atoms. The zero-order valence-electron chi connectivity index (χ0n) is 45.9. The molecule has 0 saturated heterocycles. The Morgan fingerprint density at radius 2 is 1.25 bits per heavy atom. The minimum atomic E-state index is -1.24. The van der Waals surface area contributed by atoms with Crippen LogP contribution in [0.2, 0.25) is 0 Å². The number of aromatic carboxylic acids is 3. The largest absolute Gasteiger partial charge is 0.497 e. The molecule has 0 aromatic heterocycles. The zero-order chi connectivity index (χ0) is 58.8. The maximum absolute atomic E-state index is 12.3. The number of carboxylic acid groups (broad SMARTS) is 5. The number of anilines is 1. The SMILES string of the molecule is CCCCNOCC1C2C=CC(C1COO)C(C(=O)O)C2C.CNCCCCCCNC(=O)c1cc(OC)c(COO)cc1C(=O)O.COc1ccc(N)c(C(C)(C)CC(=O)O)c1.O=C(O)c1cc2ccccc2cc1C(=O)O. The Morgan fingerprint density at radius 1 is 0.671 bits per heavy atom. The molecular formula is C57H78N4O18.